The summed E-state index contributed by atoms with van der Waals surface area (Å²) in [6.45, 7) is 9.64. The summed E-state index contributed by atoms with van der Waals surface area (Å²) in [7, 11) is 4.71. The van der Waals surface area contributed by atoms with Crippen molar-refractivity contribution < 1.29 is 23.7 Å². The standard InChI is InChI=1S/C30H35N3O6S/c1-8-32(9-2)21-13-11-19(23(17-21)37-6)16-25-28(34)33-27(20-12-14-22(36-5)24(15-20)38-7)26(29(35)39-10-3)18(4)31-30(33)40-25/h11-17,27H,8-10H2,1-7H3/b25-16-. The molecular weight excluding hydrogens is 530 g/mol. The van der Waals surface area contributed by atoms with E-state index in [4.69, 9.17) is 18.9 Å². The van der Waals surface area contributed by atoms with Crippen molar-refractivity contribution in [2.75, 3.05) is 45.9 Å². The van der Waals surface area contributed by atoms with E-state index in [1.807, 2.05) is 30.3 Å². The number of nitrogens with zero attached hydrogens (tertiary/aromatic N) is 3. The van der Waals surface area contributed by atoms with Gasteiger partial charge in [0.2, 0.25) is 0 Å². The van der Waals surface area contributed by atoms with E-state index in [1.165, 1.54) is 11.3 Å². The Morgan fingerprint density at radius 2 is 1.70 bits per heavy atom. The van der Waals surface area contributed by atoms with Gasteiger partial charge in [-0.2, -0.15) is 0 Å². The third-order valence-corrected chi connectivity index (χ3v) is 7.86. The Hall–Kier alpha value is -4.05. The number of carbonyl (C=O) groups excluding carboxylic acids is 1. The van der Waals surface area contributed by atoms with Crippen LogP contribution in [0.25, 0.3) is 6.08 Å². The van der Waals surface area contributed by atoms with Gasteiger partial charge >= 0.3 is 5.97 Å². The summed E-state index contributed by atoms with van der Waals surface area (Å²) < 4.78 is 24.0. The first-order valence-corrected chi connectivity index (χ1v) is 14.0. The van der Waals surface area contributed by atoms with Crippen molar-refractivity contribution in [2.24, 2.45) is 4.99 Å². The molecule has 0 fully saturated rings. The van der Waals surface area contributed by atoms with Crippen LogP contribution in [0.3, 0.4) is 0 Å². The van der Waals surface area contributed by atoms with Crippen LogP contribution in [0.2, 0.25) is 0 Å². The number of rotatable bonds is 10. The number of allylic oxidation sites excluding steroid dienone is 1. The van der Waals surface area contributed by atoms with Crippen LogP contribution in [0.4, 0.5) is 5.69 Å². The number of fused-ring (bicyclic) bond motifs is 1. The minimum absolute atomic E-state index is 0.196. The van der Waals surface area contributed by atoms with Gasteiger partial charge < -0.3 is 23.8 Å². The van der Waals surface area contributed by atoms with Gasteiger partial charge in [0.05, 0.1) is 49.8 Å². The van der Waals surface area contributed by atoms with Gasteiger partial charge in [-0.15, -0.1) is 0 Å². The highest BCUT2D eigenvalue weighted by molar-refractivity contribution is 7.07. The lowest BCUT2D eigenvalue weighted by atomic mass is 9.95. The maximum Gasteiger partial charge on any atom is 0.338 e. The highest BCUT2D eigenvalue weighted by atomic mass is 32.1. The maximum absolute atomic E-state index is 14.0. The number of carbonyl (C=O) groups is 1. The summed E-state index contributed by atoms with van der Waals surface area (Å²) in [5.41, 5.74) is 3.01. The Kier molecular flexibility index (Phi) is 8.99. The fraction of sp³-hybridized carbons (Fsp3) is 0.367. The summed E-state index contributed by atoms with van der Waals surface area (Å²) >= 11 is 1.26. The molecular formula is C30H35N3O6S. The van der Waals surface area contributed by atoms with E-state index in [0.29, 0.717) is 43.4 Å². The van der Waals surface area contributed by atoms with Crippen LogP contribution in [0.5, 0.6) is 17.2 Å². The number of aromatic nitrogens is 1. The number of esters is 1. The molecule has 0 saturated carbocycles. The zero-order chi connectivity index (χ0) is 29.0. The second kappa shape index (κ2) is 12.4. The largest absolute Gasteiger partial charge is 0.496 e. The number of methoxy groups -OCH3 is 3. The maximum atomic E-state index is 14.0. The summed E-state index contributed by atoms with van der Waals surface area (Å²) in [6, 6.07) is 10.5. The van der Waals surface area contributed by atoms with Crippen LogP contribution < -0.4 is 34.0 Å². The van der Waals surface area contributed by atoms with Crippen molar-refractivity contribution in [2.45, 2.75) is 33.7 Å². The summed E-state index contributed by atoms with van der Waals surface area (Å²) in [5, 5.41) is 0. The molecule has 1 unspecified atom stereocenters. The smallest absolute Gasteiger partial charge is 0.338 e. The predicted octanol–water partition coefficient (Wildman–Crippen LogP) is 3.67. The molecule has 1 aliphatic rings. The fourth-order valence-electron chi connectivity index (χ4n) is 4.88. The van der Waals surface area contributed by atoms with Crippen molar-refractivity contribution >= 4 is 29.1 Å². The van der Waals surface area contributed by atoms with Crippen LogP contribution in [0, 0.1) is 0 Å². The van der Waals surface area contributed by atoms with Crippen molar-refractivity contribution in [3.63, 3.8) is 0 Å². The normalized spacial score (nSPS) is 14.9. The lowest BCUT2D eigenvalue weighted by Crippen LogP contribution is -2.40. The van der Waals surface area contributed by atoms with E-state index in [0.717, 1.165) is 24.3 Å². The molecule has 1 aliphatic heterocycles. The lowest BCUT2D eigenvalue weighted by molar-refractivity contribution is -0.139. The van der Waals surface area contributed by atoms with E-state index < -0.39 is 12.0 Å². The molecule has 0 amide bonds. The van der Waals surface area contributed by atoms with Gasteiger partial charge in [-0.3, -0.25) is 9.36 Å². The molecule has 0 aliphatic carbocycles. The van der Waals surface area contributed by atoms with Crippen LogP contribution in [-0.4, -0.2) is 51.6 Å². The van der Waals surface area contributed by atoms with Gasteiger partial charge in [0.15, 0.2) is 16.3 Å². The average molecular weight is 566 g/mol. The molecule has 0 radical (unpaired) electrons. The molecule has 0 spiro atoms. The average Bonchev–Trinajstić information content (AvgIpc) is 3.27. The Labute approximate surface area is 237 Å². The molecule has 3 aromatic rings. The first-order chi connectivity index (χ1) is 19.3. The Morgan fingerprint density at radius 3 is 2.33 bits per heavy atom. The van der Waals surface area contributed by atoms with Gasteiger partial charge in [-0.05, 0) is 63.6 Å². The van der Waals surface area contributed by atoms with Gasteiger partial charge in [0.1, 0.15) is 5.75 Å². The Balaban J connectivity index is 1.93. The lowest BCUT2D eigenvalue weighted by Gasteiger charge is -2.25. The van der Waals surface area contributed by atoms with Gasteiger partial charge in [-0.25, -0.2) is 9.79 Å². The molecule has 0 saturated heterocycles. The molecule has 0 N–H and O–H groups in total. The van der Waals surface area contributed by atoms with Crippen molar-refractivity contribution in [3.8, 4) is 17.2 Å². The fourth-order valence-corrected chi connectivity index (χ4v) is 5.91. The third kappa shape index (κ3) is 5.36. The number of anilines is 1. The molecule has 9 nitrogen and oxygen atoms in total. The minimum Gasteiger partial charge on any atom is -0.496 e. The molecule has 1 aromatic heterocycles. The van der Waals surface area contributed by atoms with E-state index in [-0.39, 0.29) is 12.2 Å². The molecule has 0 bridgehead atoms. The second-order valence-electron chi connectivity index (χ2n) is 9.02. The zero-order valence-electron chi connectivity index (χ0n) is 23.9. The van der Waals surface area contributed by atoms with Crippen molar-refractivity contribution in [1.82, 2.24) is 4.57 Å². The monoisotopic (exact) mass is 565 g/mol. The molecule has 10 heteroatoms. The van der Waals surface area contributed by atoms with Crippen LogP contribution >= 0.6 is 11.3 Å². The third-order valence-electron chi connectivity index (χ3n) is 6.87. The van der Waals surface area contributed by atoms with Gasteiger partial charge in [0.25, 0.3) is 5.56 Å². The van der Waals surface area contributed by atoms with Crippen LogP contribution in [0.1, 0.15) is 44.9 Å². The van der Waals surface area contributed by atoms with E-state index >= 15 is 0 Å². The van der Waals surface area contributed by atoms with E-state index in [2.05, 4.69) is 23.7 Å². The molecule has 40 heavy (non-hydrogen) atoms. The summed E-state index contributed by atoms with van der Waals surface area (Å²) in [6.07, 6.45) is 1.81. The van der Waals surface area contributed by atoms with Gasteiger partial charge in [0, 0.05) is 30.4 Å². The Morgan fingerprint density at radius 1 is 1.00 bits per heavy atom. The van der Waals surface area contributed by atoms with Gasteiger partial charge in [-0.1, -0.05) is 17.4 Å². The number of hydrogen-bond acceptors (Lipinski definition) is 9. The second-order valence-corrected chi connectivity index (χ2v) is 10.0. The first kappa shape index (κ1) is 28.9. The predicted molar refractivity (Wildman–Crippen MR) is 156 cm³/mol. The molecule has 2 heterocycles. The number of hydrogen-bond donors (Lipinski definition) is 0. The first-order valence-electron chi connectivity index (χ1n) is 13.2. The van der Waals surface area contributed by atoms with Crippen LogP contribution in [0.15, 0.2) is 57.5 Å². The highest BCUT2D eigenvalue weighted by Gasteiger charge is 2.34. The molecule has 212 valence electrons. The SMILES string of the molecule is CCOC(=O)C1=C(C)N=c2s/c(=C\c3ccc(N(CC)CC)cc3OC)c(=O)n2C1c1ccc(OC)c(OC)c1. The van der Waals surface area contributed by atoms with Crippen molar-refractivity contribution in [1.29, 1.82) is 0 Å². The topological polar surface area (TPSA) is 91.6 Å². The quantitative estimate of drug-likeness (QED) is 0.347. The summed E-state index contributed by atoms with van der Waals surface area (Å²) in [4.78, 5) is 34.5. The highest BCUT2D eigenvalue weighted by Crippen LogP contribution is 2.36. The van der Waals surface area contributed by atoms with E-state index in [9.17, 15) is 9.59 Å². The molecule has 2 aromatic carbocycles. The number of benzene rings is 2. The molecule has 4 rings (SSSR count). The molecule has 1 atom stereocenters. The minimum atomic E-state index is -0.760. The zero-order valence-corrected chi connectivity index (χ0v) is 24.8. The summed E-state index contributed by atoms with van der Waals surface area (Å²) in [5.74, 6) is 1.16. The van der Waals surface area contributed by atoms with Crippen molar-refractivity contribution in [3.05, 3.63) is 78.5 Å². The Bertz CT molecular complexity index is 1620. The number of ether oxygens (including phenoxy) is 4. The van der Waals surface area contributed by atoms with E-state index in [1.54, 1.807) is 51.9 Å². The number of thiazole rings is 1. The van der Waals surface area contributed by atoms with Crippen LogP contribution in [-0.2, 0) is 9.53 Å².